The maximum absolute atomic E-state index is 12.7. The number of methoxy groups -OCH3 is 1. The van der Waals surface area contributed by atoms with Gasteiger partial charge in [0.15, 0.2) is 5.76 Å². The van der Waals surface area contributed by atoms with E-state index in [1.165, 1.54) is 13.4 Å². The van der Waals surface area contributed by atoms with Crippen LogP contribution in [0.1, 0.15) is 34.8 Å². The van der Waals surface area contributed by atoms with Crippen LogP contribution >= 0.6 is 0 Å². The van der Waals surface area contributed by atoms with Gasteiger partial charge >= 0.3 is 0 Å². The van der Waals surface area contributed by atoms with Gasteiger partial charge in [0.25, 0.3) is 11.8 Å². The lowest BCUT2D eigenvalue weighted by Gasteiger charge is -2.13. The molecule has 3 rings (SSSR count). The summed E-state index contributed by atoms with van der Waals surface area (Å²) in [4.78, 5) is 24.8. The standard InChI is InChI=1S/C23H24N2O5/c1-15(2)14-30-18-9-6-16(7-10-18)22(26)25-19-13-17(8-11-20(19)28-3)24-23(27)21-5-4-12-29-21/h4-13,15H,14H2,1-3H3,(H,24,27)(H,25,26). The van der Waals surface area contributed by atoms with Crippen molar-refractivity contribution in [2.45, 2.75) is 13.8 Å². The van der Waals surface area contributed by atoms with Crippen molar-refractivity contribution in [3.05, 3.63) is 72.2 Å². The molecule has 156 valence electrons. The first-order valence-corrected chi connectivity index (χ1v) is 9.53. The summed E-state index contributed by atoms with van der Waals surface area (Å²) < 4.78 is 16.1. The number of ether oxygens (including phenoxy) is 2. The molecular formula is C23H24N2O5. The van der Waals surface area contributed by atoms with Crippen LogP contribution in [0.5, 0.6) is 11.5 Å². The third-order valence-electron chi connectivity index (χ3n) is 4.15. The predicted octanol–water partition coefficient (Wildman–Crippen LogP) is 4.83. The zero-order valence-electron chi connectivity index (χ0n) is 17.1. The van der Waals surface area contributed by atoms with E-state index in [0.29, 0.717) is 41.0 Å². The van der Waals surface area contributed by atoms with Crippen LogP contribution in [0.25, 0.3) is 0 Å². The molecule has 2 amide bonds. The summed E-state index contributed by atoms with van der Waals surface area (Å²) in [6, 6.07) is 15.1. The van der Waals surface area contributed by atoms with Gasteiger partial charge in [0, 0.05) is 11.3 Å². The first-order valence-electron chi connectivity index (χ1n) is 9.53. The van der Waals surface area contributed by atoms with E-state index in [-0.39, 0.29) is 17.6 Å². The highest BCUT2D eigenvalue weighted by Gasteiger charge is 2.14. The Balaban J connectivity index is 1.71. The van der Waals surface area contributed by atoms with Crippen LogP contribution in [-0.2, 0) is 0 Å². The monoisotopic (exact) mass is 408 g/mol. The topological polar surface area (TPSA) is 89.8 Å². The van der Waals surface area contributed by atoms with Crippen molar-refractivity contribution in [2.24, 2.45) is 5.92 Å². The number of carbonyl (C=O) groups is 2. The van der Waals surface area contributed by atoms with Gasteiger partial charge in [-0.2, -0.15) is 0 Å². The lowest BCUT2D eigenvalue weighted by atomic mass is 10.2. The third kappa shape index (κ3) is 5.41. The van der Waals surface area contributed by atoms with Gasteiger partial charge in [-0.1, -0.05) is 13.8 Å². The quantitative estimate of drug-likeness (QED) is 0.557. The molecule has 0 unspecified atom stereocenters. The van der Waals surface area contributed by atoms with Crippen molar-refractivity contribution in [1.82, 2.24) is 0 Å². The molecule has 2 aromatic carbocycles. The maximum Gasteiger partial charge on any atom is 0.291 e. The van der Waals surface area contributed by atoms with Gasteiger partial charge in [0.1, 0.15) is 11.5 Å². The summed E-state index contributed by atoms with van der Waals surface area (Å²) >= 11 is 0. The van der Waals surface area contributed by atoms with Crippen molar-refractivity contribution >= 4 is 23.2 Å². The maximum atomic E-state index is 12.7. The largest absolute Gasteiger partial charge is 0.495 e. The van der Waals surface area contributed by atoms with E-state index < -0.39 is 0 Å². The normalized spacial score (nSPS) is 10.5. The SMILES string of the molecule is COc1ccc(NC(=O)c2ccco2)cc1NC(=O)c1ccc(OCC(C)C)cc1. The zero-order chi connectivity index (χ0) is 21.5. The molecule has 0 aliphatic heterocycles. The Kier molecular flexibility index (Phi) is 6.75. The van der Waals surface area contributed by atoms with Crippen molar-refractivity contribution in [3.8, 4) is 11.5 Å². The van der Waals surface area contributed by atoms with Crippen molar-refractivity contribution in [3.63, 3.8) is 0 Å². The molecule has 0 fully saturated rings. The molecule has 2 N–H and O–H groups in total. The van der Waals surface area contributed by atoms with Crippen LogP contribution in [-0.4, -0.2) is 25.5 Å². The average molecular weight is 408 g/mol. The molecule has 1 heterocycles. The van der Waals surface area contributed by atoms with E-state index in [9.17, 15) is 9.59 Å². The molecule has 0 atom stereocenters. The molecule has 1 aromatic heterocycles. The third-order valence-corrected chi connectivity index (χ3v) is 4.15. The summed E-state index contributed by atoms with van der Waals surface area (Å²) in [5.41, 5.74) is 1.39. The second kappa shape index (κ2) is 9.65. The Bertz CT molecular complexity index is 995. The van der Waals surface area contributed by atoms with Crippen LogP contribution in [0.2, 0.25) is 0 Å². The Morgan fingerprint density at radius 1 is 1.00 bits per heavy atom. The Hall–Kier alpha value is -3.74. The second-order valence-corrected chi connectivity index (χ2v) is 7.03. The van der Waals surface area contributed by atoms with Crippen molar-refractivity contribution < 1.29 is 23.5 Å². The molecule has 0 bridgehead atoms. The molecule has 0 spiro atoms. The van der Waals surface area contributed by atoms with E-state index >= 15 is 0 Å². The molecule has 0 saturated heterocycles. The fourth-order valence-electron chi connectivity index (χ4n) is 2.64. The van der Waals surface area contributed by atoms with Gasteiger partial charge in [-0.3, -0.25) is 9.59 Å². The van der Waals surface area contributed by atoms with E-state index in [1.807, 2.05) is 0 Å². The molecule has 7 heteroatoms. The lowest BCUT2D eigenvalue weighted by molar-refractivity contribution is 0.0995. The van der Waals surface area contributed by atoms with Crippen LogP contribution in [0, 0.1) is 5.92 Å². The van der Waals surface area contributed by atoms with E-state index in [0.717, 1.165) is 0 Å². The summed E-state index contributed by atoms with van der Waals surface area (Å²) in [5.74, 6) is 1.09. The smallest absolute Gasteiger partial charge is 0.291 e. The summed E-state index contributed by atoms with van der Waals surface area (Å²) in [6.45, 7) is 4.75. The number of carbonyl (C=O) groups excluding carboxylic acids is 2. The van der Waals surface area contributed by atoms with E-state index in [2.05, 4.69) is 24.5 Å². The van der Waals surface area contributed by atoms with Gasteiger partial charge in [-0.05, 0) is 60.5 Å². The molecule has 3 aromatic rings. The first-order chi connectivity index (χ1) is 14.5. The van der Waals surface area contributed by atoms with Crippen molar-refractivity contribution in [1.29, 1.82) is 0 Å². The van der Waals surface area contributed by atoms with Crippen LogP contribution < -0.4 is 20.1 Å². The fourth-order valence-corrected chi connectivity index (χ4v) is 2.64. The Labute approximate surface area is 175 Å². The van der Waals surface area contributed by atoms with Crippen LogP contribution in [0.3, 0.4) is 0 Å². The highest BCUT2D eigenvalue weighted by atomic mass is 16.5. The molecular weight excluding hydrogens is 384 g/mol. The highest BCUT2D eigenvalue weighted by Crippen LogP contribution is 2.29. The zero-order valence-corrected chi connectivity index (χ0v) is 17.1. The minimum atomic E-state index is -0.389. The van der Waals surface area contributed by atoms with Gasteiger partial charge < -0.3 is 24.5 Å². The van der Waals surface area contributed by atoms with E-state index in [1.54, 1.807) is 54.6 Å². The molecule has 30 heavy (non-hydrogen) atoms. The molecule has 0 saturated carbocycles. The van der Waals surface area contributed by atoms with Crippen LogP contribution in [0.4, 0.5) is 11.4 Å². The number of anilines is 2. The molecule has 0 aliphatic carbocycles. The van der Waals surface area contributed by atoms with Gasteiger partial charge in [-0.25, -0.2) is 0 Å². The molecule has 0 radical (unpaired) electrons. The van der Waals surface area contributed by atoms with Gasteiger partial charge in [-0.15, -0.1) is 0 Å². The summed E-state index contributed by atoms with van der Waals surface area (Å²) in [7, 11) is 1.51. The lowest BCUT2D eigenvalue weighted by Crippen LogP contribution is -2.14. The molecule has 7 nitrogen and oxygen atoms in total. The highest BCUT2D eigenvalue weighted by molar-refractivity contribution is 6.06. The number of nitrogens with one attached hydrogen (secondary N) is 2. The fraction of sp³-hybridized carbons (Fsp3) is 0.217. The predicted molar refractivity (Wildman–Crippen MR) is 114 cm³/mol. The Morgan fingerprint density at radius 2 is 1.77 bits per heavy atom. The van der Waals surface area contributed by atoms with Crippen LogP contribution in [0.15, 0.2) is 65.3 Å². The van der Waals surface area contributed by atoms with E-state index in [4.69, 9.17) is 13.9 Å². The number of rotatable bonds is 8. The summed E-state index contributed by atoms with van der Waals surface area (Å²) in [5, 5.41) is 5.54. The number of hydrogen-bond donors (Lipinski definition) is 2. The minimum Gasteiger partial charge on any atom is -0.495 e. The number of benzene rings is 2. The van der Waals surface area contributed by atoms with Gasteiger partial charge in [0.2, 0.25) is 0 Å². The average Bonchev–Trinajstić information content (AvgIpc) is 3.28. The number of furan rings is 1. The van der Waals surface area contributed by atoms with Gasteiger partial charge in [0.05, 0.1) is 25.7 Å². The first kappa shape index (κ1) is 21.0. The second-order valence-electron chi connectivity index (χ2n) is 7.03. The Morgan fingerprint density at radius 3 is 2.40 bits per heavy atom. The summed E-state index contributed by atoms with van der Waals surface area (Å²) in [6.07, 6.45) is 1.42. The molecule has 0 aliphatic rings. The minimum absolute atomic E-state index is 0.191. The number of amides is 2. The number of hydrogen-bond acceptors (Lipinski definition) is 5. The van der Waals surface area contributed by atoms with Crippen molar-refractivity contribution in [2.75, 3.05) is 24.4 Å².